The fourth-order valence-corrected chi connectivity index (χ4v) is 6.52. The number of Topliss-reactive ketones (excluding diaryl/α,β-unsaturated/α-hetero) is 1. The van der Waals surface area contributed by atoms with Gasteiger partial charge in [-0.25, -0.2) is 0 Å². The molecule has 0 saturated carbocycles. The van der Waals surface area contributed by atoms with Crippen LogP contribution >= 0.6 is 0 Å². The van der Waals surface area contributed by atoms with E-state index >= 15 is 0 Å². The predicted octanol–water partition coefficient (Wildman–Crippen LogP) is 2.70. The second kappa shape index (κ2) is 9.83. The summed E-state index contributed by atoms with van der Waals surface area (Å²) in [6.45, 7) is 1.59. The molecule has 0 radical (unpaired) electrons. The summed E-state index contributed by atoms with van der Waals surface area (Å²) in [5, 5.41) is 19.5. The van der Waals surface area contributed by atoms with Crippen molar-refractivity contribution in [1.29, 1.82) is 0 Å². The van der Waals surface area contributed by atoms with E-state index in [9.17, 15) is 29.1 Å². The predicted molar refractivity (Wildman–Crippen MR) is 136 cm³/mol. The minimum absolute atomic E-state index is 0.0159. The van der Waals surface area contributed by atoms with Gasteiger partial charge in [-0.2, -0.15) is 0 Å². The van der Waals surface area contributed by atoms with Gasteiger partial charge < -0.3 is 19.7 Å². The number of nitrogens with zero attached hydrogens (tertiary/aromatic N) is 1. The molecule has 1 aliphatic heterocycles. The van der Waals surface area contributed by atoms with Crippen LogP contribution < -0.4 is 9.47 Å². The Labute approximate surface area is 224 Å². The van der Waals surface area contributed by atoms with Crippen molar-refractivity contribution < 1.29 is 43.7 Å². The van der Waals surface area contributed by atoms with Crippen molar-refractivity contribution in [3.8, 4) is 17.2 Å². The number of fused-ring (bicyclic) bond motifs is 3. The monoisotopic (exact) mass is 535 g/mol. The van der Waals surface area contributed by atoms with E-state index in [2.05, 4.69) is 0 Å². The zero-order valence-electron chi connectivity index (χ0n) is 21.9. The number of rotatable bonds is 7. The average Bonchev–Trinajstić information content (AvgIpc) is 3.15. The summed E-state index contributed by atoms with van der Waals surface area (Å²) in [7, 11) is 2.78. The lowest BCUT2D eigenvalue weighted by Crippen LogP contribution is -2.39. The second-order valence-corrected chi connectivity index (χ2v) is 10.3. The first-order valence-corrected chi connectivity index (χ1v) is 12.8. The Bertz CT molecular complexity index is 1390. The van der Waals surface area contributed by atoms with E-state index in [-0.39, 0.29) is 72.9 Å². The number of benzene rings is 1. The molecule has 10 nitrogen and oxygen atoms in total. The van der Waals surface area contributed by atoms with Crippen LogP contribution in [-0.4, -0.2) is 65.2 Å². The highest BCUT2D eigenvalue weighted by atomic mass is 16.5. The van der Waals surface area contributed by atoms with Crippen LogP contribution in [0.3, 0.4) is 0 Å². The Kier molecular flexibility index (Phi) is 6.65. The summed E-state index contributed by atoms with van der Waals surface area (Å²) in [6, 6.07) is 3.18. The number of aliphatic carboxylic acids is 1. The van der Waals surface area contributed by atoms with Crippen molar-refractivity contribution in [2.24, 2.45) is 17.8 Å². The first kappa shape index (κ1) is 26.4. The van der Waals surface area contributed by atoms with Crippen molar-refractivity contribution in [2.45, 2.75) is 38.5 Å². The van der Waals surface area contributed by atoms with E-state index in [1.807, 2.05) is 6.08 Å². The fourth-order valence-electron chi connectivity index (χ4n) is 6.52. The van der Waals surface area contributed by atoms with Crippen molar-refractivity contribution in [3.05, 3.63) is 52.1 Å². The third kappa shape index (κ3) is 4.14. The molecule has 10 heteroatoms. The van der Waals surface area contributed by atoms with Gasteiger partial charge in [0.05, 0.1) is 26.1 Å². The molecule has 4 aliphatic rings. The lowest BCUT2D eigenvalue weighted by molar-refractivity contribution is -0.142. The SMILES string of the molecule is COc1cc(C2C3=CCC4C(=O)N(CCCC(=O)O)C(=O)C4C3CC3=C2C(=O)C=C(C)C3=O)cc(OC)c1O. The van der Waals surface area contributed by atoms with Crippen LogP contribution in [0, 0.1) is 17.8 Å². The minimum atomic E-state index is -1.01. The number of carboxylic acid groups (broad SMARTS) is 1. The van der Waals surface area contributed by atoms with Crippen LogP contribution in [0.1, 0.15) is 44.1 Å². The topological polar surface area (TPSA) is 148 Å². The van der Waals surface area contributed by atoms with E-state index in [0.717, 1.165) is 10.5 Å². The smallest absolute Gasteiger partial charge is 0.303 e. The molecule has 39 heavy (non-hydrogen) atoms. The van der Waals surface area contributed by atoms with Crippen LogP contribution in [-0.2, 0) is 24.0 Å². The number of allylic oxidation sites excluding steroid dienone is 6. The Morgan fingerprint density at radius 2 is 1.72 bits per heavy atom. The molecule has 1 saturated heterocycles. The lowest BCUT2D eigenvalue weighted by Gasteiger charge is -2.42. The van der Waals surface area contributed by atoms with Gasteiger partial charge in [-0.15, -0.1) is 0 Å². The quantitative estimate of drug-likeness (QED) is 0.305. The average molecular weight is 536 g/mol. The summed E-state index contributed by atoms with van der Waals surface area (Å²) in [5.74, 6) is -4.83. The van der Waals surface area contributed by atoms with Gasteiger partial charge in [-0.3, -0.25) is 28.9 Å². The van der Waals surface area contributed by atoms with Crippen LogP contribution in [0.15, 0.2) is 46.6 Å². The largest absolute Gasteiger partial charge is 0.502 e. The summed E-state index contributed by atoms with van der Waals surface area (Å²) >= 11 is 0. The van der Waals surface area contributed by atoms with E-state index in [4.69, 9.17) is 14.6 Å². The maximum absolute atomic E-state index is 13.6. The molecule has 1 aromatic rings. The number of aromatic hydroxyl groups is 1. The molecule has 0 aromatic heterocycles. The number of likely N-dealkylation sites (tertiary alicyclic amines) is 1. The van der Waals surface area contributed by atoms with Crippen LogP contribution in [0.5, 0.6) is 17.2 Å². The number of imide groups is 1. The van der Waals surface area contributed by atoms with Crippen LogP contribution in [0.2, 0.25) is 0 Å². The number of carbonyl (C=O) groups is 5. The van der Waals surface area contributed by atoms with Crippen LogP contribution in [0.25, 0.3) is 0 Å². The number of carboxylic acids is 1. The number of methoxy groups -OCH3 is 2. The third-order valence-corrected chi connectivity index (χ3v) is 8.26. The molecule has 5 rings (SSSR count). The van der Waals surface area contributed by atoms with Crippen molar-refractivity contribution >= 4 is 29.4 Å². The normalized spacial score (nSPS) is 26.1. The van der Waals surface area contributed by atoms with Gasteiger partial charge in [-0.1, -0.05) is 11.6 Å². The highest BCUT2D eigenvalue weighted by Gasteiger charge is 2.56. The standard InChI is InChI=1S/C29H29NO9/c1-13-9-19(31)25-18(26(13)34)12-17-15(23(25)14-10-20(38-2)27(35)21(11-14)39-3)6-7-16-24(17)29(37)30(28(16)36)8-4-5-22(32)33/h6,9-11,16-17,23-24,35H,4-5,7-8,12H2,1-3H3,(H,32,33). The Morgan fingerprint density at radius 3 is 2.33 bits per heavy atom. The van der Waals surface area contributed by atoms with E-state index in [0.29, 0.717) is 22.3 Å². The Morgan fingerprint density at radius 1 is 1.05 bits per heavy atom. The van der Waals surface area contributed by atoms with Crippen molar-refractivity contribution in [1.82, 2.24) is 4.90 Å². The first-order chi connectivity index (χ1) is 18.6. The Hall–Kier alpha value is -4.21. The maximum Gasteiger partial charge on any atom is 0.303 e. The number of amides is 2. The lowest BCUT2D eigenvalue weighted by atomic mass is 9.59. The highest BCUT2D eigenvalue weighted by molar-refractivity contribution is 6.23. The van der Waals surface area contributed by atoms with Gasteiger partial charge in [0, 0.05) is 35.6 Å². The van der Waals surface area contributed by atoms with Gasteiger partial charge in [0.15, 0.2) is 23.1 Å². The highest BCUT2D eigenvalue weighted by Crippen LogP contribution is 2.56. The summed E-state index contributed by atoms with van der Waals surface area (Å²) < 4.78 is 10.7. The third-order valence-electron chi connectivity index (χ3n) is 8.26. The summed E-state index contributed by atoms with van der Waals surface area (Å²) in [4.78, 5) is 65.7. The molecule has 1 heterocycles. The zero-order valence-corrected chi connectivity index (χ0v) is 21.9. The molecule has 204 valence electrons. The summed E-state index contributed by atoms with van der Waals surface area (Å²) in [6.07, 6.45) is 3.62. The van der Waals surface area contributed by atoms with Crippen LogP contribution in [0.4, 0.5) is 0 Å². The molecule has 0 bridgehead atoms. The number of hydrogen-bond donors (Lipinski definition) is 2. The van der Waals surface area contributed by atoms with E-state index in [1.165, 1.54) is 20.3 Å². The molecule has 3 aliphatic carbocycles. The molecule has 2 N–H and O–H groups in total. The number of phenolic OH excluding ortho intramolecular Hbond substituents is 1. The maximum atomic E-state index is 13.6. The van der Waals surface area contributed by atoms with Gasteiger partial charge in [0.2, 0.25) is 17.6 Å². The molecule has 2 amide bonds. The molecular formula is C29H29NO9. The molecular weight excluding hydrogens is 506 g/mol. The van der Waals surface area contributed by atoms with Gasteiger partial charge in [0.1, 0.15) is 0 Å². The van der Waals surface area contributed by atoms with Gasteiger partial charge in [-0.05, 0) is 55.9 Å². The number of ketones is 2. The van der Waals surface area contributed by atoms with Gasteiger partial charge in [0.25, 0.3) is 0 Å². The number of carbonyl (C=O) groups excluding carboxylic acids is 4. The Balaban J connectivity index is 1.62. The fraction of sp³-hybridized carbons (Fsp3) is 0.414. The zero-order chi connectivity index (χ0) is 28.2. The minimum Gasteiger partial charge on any atom is -0.502 e. The van der Waals surface area contributed by atoms with Gasteiger partial charge >= 0.3 is 5.97 Å². The molecule has 0 spiro atoms. The number of phenols is 1. The summed E-state index contributed by atoms with van der Waals surface area (Å²) in [5.41, 5.74) is 2.25. The van der Waals surface area contributed by atoms with Crippen molar-refractivity contribution in [3.63, 3.8) is 0 Å². The molecule has 4 unspecified atom stereocenters. The van der Waals surface area contributed by atoms with Crippen molar-refractivity contribution in [2.75, 3.05) is 20.8 Å². The molecule has 1 fully saturated rings. The van der Waals surface area contributed by atoms with E-state index < -0.39 is 29.6 Å². The molecule has 1 aromatic carbocycles. The molecule has 4 atom stereocenters. The number of ether oxygens (including phenoxy) is 2. The number of hydrogen-bond acceptors (Lipinski definition) is 8. The first-order valence-electron chi connectivity index (χ1n) is 12.8. The second-order valence-electron chi connectivity index (χ2n) is 10.3. The van der Waals surface area contributed by atoms with E-state index in [1.54, 1.807) is 19.1 Å².